The van der Waals surface area contributed by atoms with Crippen LogP contribution in [0, 0.1) is 17.8 Å². The van der Waals surface area contributed by atoms with Gasteiger partial charge in [0.25, 0.3) is 0 Å². The third-order valence-corrected chi connectivity index (χ3v) is 6.42. The fraction of sp³-hybridized carbons (Fsp3) is 0.938. The van der Waals surface area contributed by atoms with Crippen molar-refractivity contribution in [3.05, 3.63) is 0 Å². The lowest BCUT2D eigenvalue weighted by atomic mass is 9.97. The Morgan fingerprint density at radius 1 is 1.13 bits per heavy atom. The number of rotatable bonds is 6. The Morgan fingerprint density at radius 3 is 2.35 bits per heavy atom. The molecule has 134 valence electrons. The van der Waals surface area contributed by atoms with Gasteiger partial charge in [-0.15, -0.1) is 12.4 Å². The third kappa shape index (κ3) is 5.33. The van der Waals surface area contributed by atoms with E-state index in [1.807, 2.05) is 0 Å². The van der Waals surface area contributed by atoms with Crippen molar-refractivity contribution >= 4 is 28.2 Å². The van der Waals surface area contributed by atoms with Crippen LogP contribution in [0.1, 0.15) is 38.5 Å². The molecule has 2 aliphatic carbocycles. The summed E-state index contributed by atoms with van der Waals surface area (Å²) in [5.74, 6) is 1.92. The lowest BCUT2D eigenvalue weighted by Crippen LogP contribution is -2.43. The fourth-order valence-electron chi connectivity index (χ4n) is 4.03. The molecule has 1 heterocycles. The van der Waals surface area contributed by atoms with Gasteiger partial charge < -0.3 is 5.32 Å². The molecule has 3 rings (SSSR count). The van der Waals surface area contributed by atoms with Crippen molar-refractivity contribution in [2.24, 2.45) is 17.8 Å². The molecule has 3 aliphatic rings. The highest BCUT2D eigenvalue weighted by Crippen LogP contribution is 2.41. The average Bonchev–Trinajstić information content (AvgIpc) is 2.99. The Bertz CT molecular complexity index is 515. The van der Waals surface area contributed by atoms with E-state index in [0.717, 1.165) is 31.8 Å². The number of sulfone groups is 1. The molecule has 1 N–H and O–H groups in total. The number of hydrogen-bond donors (Lipinski definition) is 1. The predicted molar refractivity (Wildman–Crippen MR) is 93.5 cm³/mol. The molecule has 1 saturated heterocycles. The highest BCUT2D eigenvalue weighted by Gasteiger charge is 2.43. The molecule has 0 aromatic heterocycles. The van der Waals surface area contributed by atoms with Crippen molar-refractivity contribution in [2.75, 3.05) is 31.6 Å². The first kappa shape index (κ1) is 19.0. The van der Waals surface area contributed by atoms with Crippen LogP contribution in [0.3, 0.4) is 0 Å². The Balaban J connectivity index is 0.00000192. The zero-order valence-electron chi connectivity index (χ0n) is 13.9. The smallest absolute Gasteiger partial charge is 0.223 e. The number of hydrogen-bond acceptors (Lipinski definition) is 4. The van der Waals surface area contributed by atoms with Crippen LogP contribution in [0.2, 0.25) is 0 Å². The quantitative estimate of drug-likeness (QED) is 0.775. The van der Waals surface area contributed by atoms with E-state index in [1.165, 1.54) is 31.9 Å². The maximum atomic E-state index is 12.4. The van der Waals surface area contributed by atoms with Gasteiger partial charge in [0.05, 0.1) is 5.75 Å². The van der Waals surface area contributed by atoms with E-state index in [0.29, 0.717) is 12.5 Å². The van der Waals surface area contributed by atoms with Crippen molar-refractivity contribution in [1.82, 2.24) is 10.2 Å². The van der Waals surface area contributed by atoms with Gasteiger partial charge in [0, 0.05) is 37.8 Å². The van der Waals surface area contributed by atoms with E-state index in [2.05, 4.69) is 10.2 Å². The van der Waals surface area contributed by atoms with Crippen LogP contribution in [0.15, 0.2) is 0 Å². The molecule has 0 bridgehead atoms. The van der Waals surface area contributed by atoms with E-state index in [9.17, 15) is 13.2 Å². The molecule has 23 heavy (non-hydrogen) atoms. The average molecular weight is 365 g/mol. The Kier molecular flexibility index (Phi) is 6.36. The standard InChI is InChI=1S/C16H28N2O3S.ClH/c1-22(20,21)9-8-18-10-14(12-6-7-12)15(11-18)17-16(19)13-4-2-3-5-13;/h12-15H,2-11H2,1H3,(H,17,19);1H/t14-,15+;/m1./s1. The monoisotopic (exact) mass is 364 g/mol. The van der Waals surface area contributed by atoms with Crippen molar-refractivity contribution in [3.8, 4) is 0 Å². The number of nitrogens with zero attached hydrogens (tertiary/aromatic N) is 1. The minimum atomic E-state index is -2.92. The normalized spacial score (nSPS) is 29.4. The van der Waals surface area contributed by atoms with Crippen LogP contribution in [0.5, 0.6) is 0 Å². The molecular weight excluding hydrogens is 336 g/mol. The number of halogens is 1. The van der Waals surface area contributed by atoms with E-state index in [4.69, 9.17) is 0 Å². The number of carbonyl (C=O) groups is 1. The molecule has 1 aliphatic heterocycles. The van der Waals surface area contributed by atoms with Gasteiger partial charge in [-0.05, 0) is 37.5 Å². The number of likely N-dealkylation sites (tertiary alicyclic amines) is 1. The second-order valence-corrected chi connectivity index (χ2v) is 9.75. The molecular formula is C16H29ClN2O3S. The maximum Gasteiger partial charge on any atom is 0.223 e. The number of carbonyl (C=O) groups excluding carboxylic acids is 1. The van der Waals surface area contributed by atoms with E-state index >= 15 is 0 Å². The lowest BCUT2D eigenvalue weighted by molar-refractivity contribution is -0.125. The van der Waals surface area contributed by atoms with E-state index < -0.39 is 9.84 Å². The summed E-state index contributed by atoms with van der Waals surface area (Å²) in [4.78, 5) is 14.6. The lowest BCUT2D eigenvalue weighted by Gasteiger charge is -2.21. The van der Waals surface area contributed by atoms with Crippen LogP contribution in [-0.2, 0) is 14.6 Å². The van der Waals surface area contributed by atoms with Crippen LogP contribution >= 0.6 is 12.4 Å². The molecule has 0 aromatic rings. The van der Waals surface area contributed by atoms with Gasteiger partial charge in [-0.2, -0.15) is 0 Å². The van der Waals surface area contributed by atoms with Gasteiger partial charge >= 0.3 is 0 Å². The summed E-state index contributed by atoms with van der Waals surface area (Å²) < 4.78 is 22.7. The van der Waals surface area contributed by atoms with Gasteiger partial charge in [-0.25, -0.2) is 8.42 Å². The third-order valence-electron chi connectivity index (χ3n) is 5.50. The Hall–Kier alpha value is -0.330. The molecule has 0 aromatic carbocycles. The second kappa shape index (κ2) is 7.70. The van der Waals surface area contributed by atoms with Gasteiger partial charge in [0.2, 0.25) is 5.91 Å². The molecule has 3 fully saturated rings. The minimum Gasteiger partial charge on any atom is -0.352 e. The van der Waals surface area contributed by atoms with Crippen LogP contribution in [-0.4, -0.2) is 56.9 Å². The summed E-state index contributed by atoms with van der Waals surface area (Å²) in [5, 5.41) is 3.29. The zero-order chi connectivity index (χ0) is 15.7. The van der Waals surface area contributed by atoms with Crippen LogP contribution < -0.4 is 5.32 Å². The topological polar surface area (TPSA) is 66.5 Å². The maximum absolute atomic E-state index is 12.4. The summed E-state index contributed by atoms with van der Waals surface area (Å²) >= 11 is 0. The van der Waals surface area contributed by atoms with Crippen molar-refractivity contribution < 1.29 is 13.2 Å². The summed E-state index contributed by atoms with van der Waals surface area (Å²) in [6.45, 7) is 2.35. The highest BCUT2D eigenvalue weighted by molar-refractivity contribution is 7.90. The first-order valence-electron chi connectivity index (χ1n) is 8.63. The van der Waals surface area contributed by atoms with Crippen molar-refractivity contribution in [1.29, 1.82) is 0 Å². The van der Waals surface area contributed by atoms with Crippen LogP contribution in [0.25, 0.3) is 0 Å². The number of amides is 1. The van der Waals surface area contributed by atoms with Crippen LogP contribution in [0.4, 0.5) is 0 Å². The summed E-state index contributed by atoms with van der Waals surface area (Å²) in [6.07, 6.45) is 8.24. The summed E-state index contributed by atoms with van der Waals surface area (Å²) in [5.41, 5.74) is 0. The first-order chi connectivity index (χ1) is 10.4. The Morgan fingerprint density at radius 2 is 1.78 bits per heavy atom. The summed E-state index contributed by atoms with van der Waals surface area (Å²) in [7, 11) is -2.92. The van der Waals surface area contributed by atoms with Crippen molar-refractivity contribution in [3.63, 3.8) is 0 Å². The van der Waals surface area contributed by atoms with Gasteiger partial charge in [-0.3, -0.25) is 9.69 Å². The van der Waals surface area contributed by atoms with E-state index in [-0.39, 0.29) is 36.0 Å². The van der Waals surface area contributed by atoms with Gasteiger partial charge in [-0.1, -0.05) is 12.8 Å². The van der Waals surface area contributed by atoms with Gasteiger partial charge in [0.1, 0.15) is 9.84 Å². The fourth-order valence-corrected chi connectivity index (χ4v) is 4.62. The molecule has 1 amide bonds. The zero-order valence-corrected chi connectivity index (χ0v) is 15.5. The molecule has 2 atom stereocenters. The van der Waals surface area contributed by atoms with Gasteiger partial charge in [0.15, 0.2) is 0 Å². The minimum absolute atomic E-state index is 0. The molecule has 0 radical (unpaired) electrons. The second-order valence-electron chi connectivity index (χ2n) is 7.49. The molecule has 2 saturated carbocycles. The van der Waals surface area contributed by atoms with Crippen molar-refractivity contribution in [2.45, 2.75) is 44.6 Å². The molecule has 7 heteroatoms. The molecule has 5 nitrogen and oxygen atoms in total. The molecule has 0 unspecified atom stereocenters. The Labute approximate surface area is 145 Å². The largest absolute Gasteiger partial charge is 0.352 e. The van der Waals surface area contributed by atoms with E-state index in [1.54, 1.807) is 0 Å². The summed E-state index contributed by atoms with van der Waals surface area (Å²) in [6, 6.07) is 0.222. The first-order valence-corrected chi connectivity index (χ1v) is 10.7. The molecule has 0 spiro atoms. The predicted octanol–water partition coefficient (Wildman–Crippen LogP) is 1.47. The number of nitrogens with one attached hydrogen (secondary N) is 1. The SMILES string of the molecule is CS(=O)(=O)CCN1C[C@H](NC(=O)C2CCCC2)[C@@H](C2CC2)C1.Cl. The highest BCUT2D eigenvalue weighted by atomic mass is 35.5.